The first-order chi connectivity index (χ1) is 26.8. The number of nitrogens with zero attached hydrogens (tertiary/aromatic N) is 2. The molecule has 6 aromatic rings. The molecule has 0 radical (unpaired) electrons. The van der Waals surface area contributed by atoms with Crippen molar-refractivity contribution in [3.63, 3.8) is 0 Å². The van der Waals surface area contributed by atoms with Crippen LogP contribution < -0.4 is 0 Å². The van der Waals surface area contributed by atoms with E-state index in [4.69, 9.17) is 10.3 Å². The third kappa shape index (κ3) is 11.6. The van der Waals surface area contributed by atoms with Crippen molar-refractivity contribution in [2.24, 2.45) is 0 Å². The molecule has 0 aliphatic rings. The average molecular weight is 981 g/mol. The molecule has 0 fully saturated rings. The van der Waals surface area contributed by atoms with Crippen LogP contribution in [0.15, 0.2) is 115 Å². The molecule has 1 aromatic heterocycles. The van der Waals surface area contributed by atoms with Gasteiger partial charge in [-0.15, -0.1) is 5.69 Å². The Morgan fingerprint density at radius 3 is 1.51 bits per heavy atom. The molecule has 3 nitrogen and oxygen atoms in total. The molecule has 5 aromatic carbocycles. The molecule has 0 aliphatic heterocycles. The Labute approximate surface area is 390 Å². The maximum atomic E-state index is 12.3. The molecule has 1 N–H and O–H groups in total. The molecule has 61 heavy (non-hydrogen) atoms. The number of aromatic hydroxyl groups is 1. The second kappa shape index (κ2) is 21.2. The van der Waals surface area contributed by atoms with Gasteiger partial charge in [0.2, 0.25) is 0 Å². The second-order valence-electron chi connectivity index (χ2n) is 18.9. The molecule has 1 atom stereocenters. The predicted molar refractivity (Wildman–Crippen MR) is 264 cm³/mol. The molecule has 0 spiro atoms. The van der Waals surface area contributed by atoms with Gasteiger partial charge in [0.25, 0.3) is 0 Å². The molecule has 1 unspecified atom stereocenters. The van der Waals surface area contributed by atoms with Crippen molar-refractivity contribution in [2.45, 2.75) is 132 Å². The summed E-state index contributed by atoms with van der Waals surface area (Å²) < 4.78 is 0. The van der Waals surface area contributed by atoms with E-state index in [-0.39, 0.29) is 70.7 Å². The van der Waals surface area contributed by atoms with E-state index in [0.717, 1.165) is 50.5 Å². The number of hydrogen-bond donors (Lipinski definition) is 1. The summed E-state index contributed by atoms with van der Waals surface area (Å²) in [7, 11) is 0. The fourth-order valence-electron chi connectivity index (χ4n) is 7.92. The number of pyridine rings is 1. The van der Waals surface area contributed by atoms with E-state index >= 15 is 0 Å². The maximum absolute atomic E-state index is 12.3. The maximum Gasteiger partial charge on any atom is 0.131 e. The number of aromatic nitrogens is 1. The van der Waals surface area contributed by atoms with Gasteiger partial charge >= 0.3 is 0 Å². The van der Waals surface area contributed by atoms with Crippen LogP contribution in [0.3, 0.4) is 0 Å². The van der Waals surface area contributed by atoms with E-state index in [1.165, 1.54) is 33.4 Å². The van der Waals surface area contributed by atoms with Crippen LogP contribution in [0, 0.1) is 21.8 Å². The van der Waals surface area contributed by atoms with E-state index in [2.05, 4.69) is 205 Å². The Hall–Kier alpha value is -4.28. The monoisotopic (exact) mass is 982 g/mol. The zero-order chi connectivity index (χ0) is 41.4. The van der Waals surface area contributed by atoms with Gasteiger partial charge in [-0.25, -0.2) is 0 Å². The van der Waals surface area contributed by atoms with Crippen molar-refractivity contribution < 1.29 is 30.9 Å². The Morgan fingerprint density at radius 1 is 0.525 bits per heavy atom. The zero-order valence-corrected chi connectivity index (χ0v) is 42.7. The number of benzene rings is 5. The number of rotatable bonds is 10. The van der Waals surface area contributed by atoms with Crippen LogP contribution in [0.25, 0.3) is 38.8 Å². The van der Waals surface area contributed by atoms with E-state index < -0.39 is 0 Å². The molecule has 6 rings (SSSR count). The SMILES string of the molecule is C.Cc1cc(-c2cc(C(C)(C)C)cc(C(C)(C)C)c2)c(O)c(-c2ccccc2-c2cccc(C([N-]c3c(C(C)C)cccc3C(C)C)c3ccccc3C(C)C)n2)c1.[CH3-].[CH3-].[Hf]. The van der Waals surface area contributed by atoms with Crippen LogP contribution in [-0.2, 0) is 36.7 Å². The van der Waals surface area contributed by atoms with Crippen LogP contribution in [0.4, 0.5) is 5.69 Å². The molecular formula is C57H73HfN2O-3. The summed E-state index contributed by atoms with van der Waals surface area (Å²) in [6.45, 7) is 29.1. The normalized spacial score (nSPS) is 11.9. The van der Waals surface area contributed by atoms with Crippen LogP contribution in [0.2, 0.25) is 0 Å². The van der Waals surface area contributed by atoms with Crippen LogP contribution in [0.1, 0.15) is 159 Å². The minimum Gasteiger partial charge on any atom is -0.673 e. The summed E-state index contributed by atoms with van der Waals surface area (Å²) in [6.07, 6.45) is 0. The molecule has 0 amide bonds. The Bertz CT molecular complexity index is 2320. The van der Waals surface area contributed by atoms with Gasteiger partial charge in [0.05, 0.1) is 5.69 Å². The van der Waals surface area contributed by atoms with Gasteiger partial charge in [0.1, 0.15) is 5.75 Å². The summed E-state index contributed by atoms with van der Waals surface area (Å²) in [6, 6.07) is 40.8. The molecule has 0 aliphatic carbocycles. The van der Waals surface area contributed by atoms with Crippen LogP contribution >= 0.6 is 0 Å². The van der Waals surface area contributed by atoms with E-state index in [1.807, 2.05) is 0 Å². The summed E-state index contributed by atoms with van der Waals surface area (Å²) in [4.78, 5) is 5.49. The van der Waals surface area contributed by atoms with Gasteiger partial charge in [-0.2, -0.15) is 0 Å². The number of hydrogen-bond acceptors (Lipinski definition) is 2. The predicted octanol–water partition coefficient (Wildman–Crippen LogP) is 17.4. The van der Waals surface area contributed by atoms with Gasteiger partial charge < -0.3 is 25.3 Å². The van der Waals surface area contributed by atoms with Crippen molar-refractivity contribution in [2.75, 3.05) is 0 Å². The molecule has 0 saturated heterocycles. The van der Waals surface area contributed by atoms with Crippen molar-refractivity contribution >= 4 is 5.69 Å². The molecule has 0 saturated carbocycles. The van der Waals surface area contributed by atoms with E-state index in [9.17, 15) is 5.11 Å². The largest absolute Gasteiger partial charge is 0.673 e. The van der Waals surface area contributed by atoms with Crippen molar-refractivity contribution in [1.82, 2.24) is 4.98 Å². The molecule has 4 heteroatoms. The van der Waals surface area contributed by atoms with E-state index in [0.29, 0.717) is 17.8 Å². The van der Waals surface area contributed by atoms with Gasteiger partial charge in [0.15, 0.2) is 0 Å². The Kier molecular flexibility index (Phi) is 18.4. The Balaban J connectivity index is 0.00000320. The number of phenolic OH excluding ortho intramolecular Hbond substituents is 1. The van der Waals surface area contributed by atoms with Crippen LogP contribution in [-0.4, -0.2) is 10.1 Å². The van der Waals surface area contributed by atoms with Crippen molar-refractivity contribution in [3.8, 4) is 39.3 Å². The fraction of sp³-hybridized carbons (Fsp3) is 0.351. The summed E-state index contributed by atoms with van der Waals surface area (Å²) >= 11 is 0. The minimum atomic E-state index is -0.320. The third-order valence-electron chi connectivity index (χ3n) is 11.3. The van der Waals surface area contributed by atoms with Gasteiger partial charge in [-0.3, -0.25) is 4.98 Å². The first-order valence-corrected chi connectivity index (χ1v) is 20.8. The number of para-hydroxylation sites is 1. The van der Waals surface area contributed by atoms with E-state index in [1.54, 1.807) is 0 Å². The van der Waals surface area contributed by atoms with Crippen LogP contribution in [0.5, 0.6) is 5.75 Å². The molecule has 0 bridgehead atoms. The minimum absolute atomic E-state index is 0. The quantitative estimate of drug-likeness (QED) is 0.110. The smallest absolute Gasteiger partial charge is 0.131 e. The topological polar surface area (TPSA) is 47.2 Å². The molecule has 1 heterocycles. The fourth-order valence-corrected chi connectivity index (χ4v) is 7.92. The van der Waals surface area contributed by atoms with Crippen molar-refractivity contribution in [1.29, 1.82) is 0 Å². The van der Waals surface area contributed by atoms with Gasteiger partial charge in [0, 0.05) is 48.2 Å². The third-order valence-corrected chi connectivity index (χ3v) is 11.3. The van der Waals surface area contributed by atoms with Gasteiger partial charge in [-0.05, 0) is 99.2 Å². The summed E-state index contributed by atoms with van der Waals surface area (Å²) in [5.41, 5.74) is 15.8. The average Bonchev–Trinajstić information content (AvgIpc) is 3.16. The number of phenols is 1. The first kappa shape index (κ1) is 52.9. The molecule has 324 valence electrons. The number of aryl methyl sites for hydroxylation is 1. The molecular weight excluding hydrogens is 907 g/mol. The van der Waals surface area contributed by atoms with Gasteiger partial charge in [-0.1, -0.05) is 198 Å². The Morgan fingerprint density at radius 2 is 0.984 bits per heavy atom. The standard InChI is InChI=1S/C54H63N2O.CH4.2CH3.Hf/c1-33(2)40-20-14-17-23-45(40)51(56-50-41(34(3)4)24-18-25-42(50)35(5)6)49-27-19-26-48(55-49)44-22-16-15-21-43(44)47-29-36(7)28-46(52(47)57)37-30-38(53(8,9)10)32-39(31-37)54(11,12)13;;;;/h14-35,51H,1-13H3,(H,55,57);1H4;2*1H3;/q-1;;2*-1;. The second-order valence-corrected chi connectivity index (χ2v) is 18.9. The zero-order valence-electron chi connectivity index (χ0n) is 39.1. The first-order valence-electron chi connectivity index (χ1n) is 20.8. The summed E-state index contributed by atoms with van der Waals surface area (Å²) in [5, 5.41) is 18.0. The van der Waals surface area contributed by atoms with Crippen molar-refractivity contribution in [3.05, 3.63) is 180 Å². The summed E-state index contributed by atoms with van der Waals surface area (Å²) in [5.74, 6) is 1.23.